The number of benzene rings is 4. The van der Waals surface area contributed by atoms with Crippen LogP contribution in [0.3, 0.4) is 0 Å². The smallest absolute Gasteiger partial charge is 0.224 e. The third-order valence-electron chi connectivity index (χ3n) is 9.12. The fourth-order valence-corrected chi connectivity index (χ4v) is 6.54. The number of aryl methyl sites for hydroxylation is 1. The van der Waals surface area contributed by atoms with Gasteiger partial charge in [-0.05, 0) is 65.8 Å². The van der Waals surface area contributed by atoms with Crippen LogP contribution in [0.15, 0.2) is 97.1 Å². The Morgan fingerprint density at radius 2 is 1.42 bits per heavy atom. The highest BCUT2D eigenvalue weighted by molar-refractivity contribution is 5.46. The second kappa shape index (κ2) is 14.2. The zero-order chi connectivity index (χ0) is 31.2. The average molecular weight is 609 g/mol. The summed E-state index contributed by atoms with van der Waals surface area (Å²) in [5.74, 6) is 0.483. The maximum atomic E-state index is 7.01. The fraction of sp³-hybridized carbons (Fsp3) is 0.385. The molecule has 6 rings (SSSR count). The van der Waals surface area contributed by atoms with E-state index in [-0.39, 0.29) is 18.1 Å². The highest BCUT2D eigenvalue weighted by Crippen LogP contribution is 2.46. The van der Waals surface area contributed by atoms with Gasteiger partial charge in [-0.25, -0.2) is 0 Å². The second-order valence-corrected chi connectivity index (χ2v) is 12.1. The van der Waals surface area contributed by atoms with E-state index in [4.69, 9.17) is 28.4 Å². The lowest BCUT2D eigenvalue weighted by Crippen LogP contribution is -2.62. The number of rotatable bonds is 11. The summed E-state index contributed by atoms with van der Waals surface area (Å²) in [6.45, 7) is 8.52. The fourth-order valence-electron chi connectivity index (χ4n) is 6.54. The first kappa shape index (κ1) is 31.3. The minimum absolute atomic E-state index is 0.0744. The molecule has 6 heteroatoms. The highest BCUT2D eigenvalue weighted by atomic mass is 16.7. The van der Waals surface area contributed by atoms with Crippen molar-refractivity contribution >= 4 is 0 Å². The van der Waals surface area contributed by atoms with Gasteiger partial charge in [0.2, 0.25) is 5.79 Å². The maximum Gasteiger partial charge on any atom is 0.224 e. The van der Waals surface area contributed by atoms with E-state index in [1.807, 2.05) is 42.5 Å². The Hall–Kier alpha value is -3.68. The quantitative estimate of drug-likeness (QED) is 0.173. The SMILES string of the molecule is CC[C@H]1O[C@@](OC)(c2ccc(C)c(Cc3ccc4c(c3)OCCO4)c2)[C@H](OCc2ccccc2)[C@@H](OCc2ccccc2)[C@@H]1C. The summed E-state index contributed by atoms with van der Waals surface area (Å²) in [6, 6.07) is 33.2. The Morgan fingerprint density at radius 1 is 0.756 bits per heavy atom. The van der Waals surface area contributed by atoms with Gasteiger partial charge in [0.25, 0.3) is 0 Å². The zero-order valence-electron chi connectivity index (χ0n) is 26.7. The molecule has 2 heterocycles. The second-order valence-electron chi connectivity index (χ2n) is 12.1. The molecule has 4 aromatic rings. The van der Waals surface area contributed by atoms with Crippen LogP contribution in [0, 0.1) is 12.8 Å². The van der Waals surface area contributed by atoms with Gasteiger partial charge < -0.3 is 28.4 Å². The average Bonchev–Trinajstić information content (AvgIpc) is 3.09. The number of methoxy groups -OCH3 is 1. The van der Waals surface area contributed by atoms with E-state index in [0.717, 1.165) is 46.6 Å². The first-order valence-corrected chi connectivity index (χ1v) is 16.0. The molecule has 0 bridgehead atoms. The Balaban J connectivity index is 1.37. The monoisotopic (exact) mass is 608 g/mol. The molecule has 0 radical (unpaired) electrons. The van der Waals surface area contributed by atoms with Crippen molar-refractivity contribution in [3.8, 4) is 11.5 Å². The van der Waals surface area contributed by atoms with Gasteiger partial charge in [-0.1, -0.05) is 92.7 Å². The standard InChI is InChI=1S/C39H44O6/c1-5-34-28(3)37(43-25-29-12-8-6-9-13-29)38(44-26-30-14-10-7-11-15-30)39(40-4,45-34)33-18-16-27(2)32(24-33)22-31-17-19-35-36(23-31)42-21-20-41-35/h6-19,23-24,28,34,37-38H,5,20-22,25-26H2,1-4H3/t28-,34-,37+,38-,39+/m1/s1. The summed E-state index contributed by atoms with van der Waals surface area (Å²) in [4.78, 5) is 0. The Morgan fingerprint density at radius 3 is 2.09 bits per heavy atom. The molecule has 2 aliphatic heterocycles. The lowest BCUT2D eigenvalue weighted by Gasteiger charge is -2.52. The molecule has 1 fully saturated rings. The lowest BCUT2D eigenvalue weighted by atomic mass is 9.81. The van der Waals surface area contributed by atoms with Gasteiger partial charge in [-0.3, -0.25) is 0 Å². The lowest BCUT2D eigenvalue weighted by molar-refractivity contribution is -0.369. The molecule has 236 valence electrons. The van der Waals surface area contributed by atoms with Crippen molar-refractivity contribution in [2.45, 2.75) is 70.9 Å². The van der Waals surface area contributed by atoms with Crippen molar-refractivity contribution in [3.63, 3.8) is 0 Å². The third kappa shape index (κ3) is 6.80. The Bertz CT molecular complexity index is 1540. The minimum Gasteiger partial charge on any atom is -0.486 e. The van der Waals surface area contributed by atoms with Crippen LogP contribution in [0.25, 0.3) is 0 Å². The molecule has 2 aliphatic rings. The van der Waals surface area contributed by atoms with Crippen LogP contribution < -0.4 is 9.47 Å². The van der Waals surface area contributed by atoms with E-state index in [9.17, 15) is 0 Å². The van der Waals surface area contributed by atoms with Gasteiger partial charge >= 0.3 is 0 Å². The van der Waals surface area contributed by atoms with E-state index >= 15 is 0 Å². The van der Waals surface area contributed by atoms with Crippen molar-refractivity contribution < 1.29 is 28.4 Å². The van der Waals surface area contributed by atoms with Crippen LogP contribution in [-0.4, -0.2) is 38.6 Å². The molecular weight excluding hydrogens is 564 g/mol. The van der Waals surface area contributed by atoms with Crippen LogP contribution in [0.1, 0.15) is 53.6 Å². The van der Waals surface area contributed by atoms with Gasteiger partial charge in [0, 0.05) is 18.6 Å². The predicted octanol–water partition coefficient (Wildman–Crippen LogP) is 7.77. The van der Waals surface area contributed by atoms with Crippen LogP contribution in [0.2, 0.25) is 0 Å². The molecule has 0 amide bonds. The molecule has 0 spiro atoms. The summed E-state index contributed by atoms with van der Waals surface area (Å²) in [5.41, 5.74) is 6.63. The van der Waals surface area contributed by atoms with Crippen molar-refractivity contribution in [3.05, 3.63) is 130 Å². The summed E-state index contributed by atoms with van der Waals surface area (Å²) >= 11 is 0. The van der Waals surface area contributed by atoms with Crippen LogP contribution in [0.5, 0.6) is 11.5 Å². The Labute approximate surface area is 267 Å². The van der Waals surface area contributed by atoms with Gasteiger partial charge in [-0.2, -0.15) is 0 Å². The topological polar surface area (TPSA) is 55.4 Å². The van der Waals surface area contributed by atoms with E-state index in [1.54, 1.807) is 7.11 Å². The molecule has 0 aromatic heterocycles. The summed E-state index contributed by atoms with van der Waals surface area (Å²) < 4.78 is 38.7. The van der Waals surface area contributed by atoms with E-state index in [2.05, 4.69) is 75.4 Å². The number of hydrogen-bond acceptors (Lipinski definition) is 6. The number of hydrogen-bond donors (Lipinski definition) is 0. The predicted molar refractivity (Wildman–Crippen MR) is 174 cm³/mol. The minimum atomic E-state index is -1.18. The molecule has 0 aliphatic carbocycles. The van der Waals surface area contributed by atoms with Crippen molar-refractivity contribution in [1.82, 2.24) is 0 Å². The van der Waals surface area contributed by atoms with E-state index in [1.165, 1.54) is 11.1 Å². The largest absolute Gasteiger partial charge is 0.486 e. The number of ether oxygens (including phenoxy) is 6. The van der Waals surface area contributed by atoms with Crippen molar-refractivity contribution in [2.24, 2.45) is 5.92 Å². The highest BCUT2D eigenvalue weighted by Gasteiger charge is 2.56. The normalized spacial score (nSPS) is 24.4. The molecular formula is C39H44O6. The Kier molecular flexibility index (Phi) is 9.86. The van der Waals surface area contributed by atoms with Crippen LogP contribution in [-0.2, 0) is 44.4 Å². The van der Waals surface area contributed by atoms with Crippen LogP contribution >= 0.6 is 0 Å². The molecule has 45 heavy (non-hydrogen) atoms. The summed E-state index contributed by atoms with van der Waals surface area (Å²) in [6.07, 6.45) is 0.639. The van der Waals surface area contributed by atoms with E-state index in [0.29, 0.717) is 26.4 Å². The molecule has 4 aromatic carbocycles. The summed E-state index contributed by atoms with van der Waals surface area (Å²) in [5, 5.41) is 0. The van der Waals surface area contributed by atoms with Gasteiger partial charge in [0.05, 0.1) is 25.4 Å². The molecule has 0 saturated carbocycles. The molecule has 0 N–H and O–H groups in total. The molecule has 1 saturated heterocycles. The number of fused-ring (bicyclic) bond motifs is 1. The van der Waals surface area contributed by atoms with Crippen molar-refractivity contribution in [2.75, 3.05) is 20.3 Å². The molecule has 6 nitrogen and oxygen atoms in total. The van der Waals surface area contributed by atoms with Gasteiger partial charge in [-0.15, -0.1) is 0 Å². The van der Waals surface area contributed by atoms with E-state index < -0.39 is 11.9 Å². The molecule has 0 unspecified atom stereocenters. The third-order valence-corrected chi connectivity index (χ3v) is 9.12. The maximum absolute atomic E-state index is 7.01. The van der Waals surface area contributed by atoms with Crippen LogP contribution in [0.4, 0.5) is 0 Å². The summed E-state index contributed by atoms with van der Waals surface area (Å²) in [7, 11) is 1.72. The van der Waals surface area contributed by atoms with Gasteiger partial charge in [0.1, 0.15) is 19.3 Å². The zero-order valence-corrected chi connectivity index (χ0v) is 26.7. The first-order valence-electron chi connectivity index (χ1n) is 16.0. The van der Waals surface area contributed by atoms with Gasteiger partial charge in [0.15, 0.2) is 11.5 Å². The van der Waals surface area contributed by atoms with Crippen molar-refractivity contribution in [1.29, 1.82) is 0 Å². The molecule has 5 atom stereocenters. The first-order chi connectivity index (χ1) is 22.0.